The molecule has 0 aromatic heterocycles. The first-order valence-electron chi connectivity index (χ1n) is 6.28. The van der Waals surface area contributed by atoms with Crippen molar-refractivity contribution in [2.24, 2.45) is 0 Å². The van der Waals surface area contributed by atoms with Gasteiger partial charge in [0.1, 0.15) is 5.75 Å². The third kappa shape index (κ3) is 4.59. The fourth-order valence-corrected chi connectivity index (χ4v) is 2.20. The van der Waals surface area contributed by atoms with E-state index < -0.39 is 0 Å². The Balaban J connectivity index is 2.77. The molecule has 0 heterocycles. The summed E-state index contributed by atoms with van der Waals surface area (Å²) in [5.74, 6) is 0.309. The second-order valence-electron chi connectivity index (χ2n) is 4.50. The van der Waals surface area contributed by atoms with Crippen LogP contribution in [-0.2, 0) is 11.3 Å². The molecule has 0 aliphatic heterocycles. The monoisotopic (exact) mass is 315 g/mol. The molecule has 0 saturated heterocycles. The van der Waals surface area contributed by atoms with Gasteiger partial charge >= 0.3 is 0 Å². The van der Waals surface area contributed by atoms with E-state index in [0.717, 1.165) is 36.2 Å². The van der Waals surface area contributed by atoms with Crippen LogP contribution >= 0.6 is 15.9 Å². The van der Waals surface area contributed by atoms with E-state index in [1.54, 1.807) is 13.2 Å². The first kappa shape index (κ1) is 15.5. The molecule has 0 spiro atoms. The lowest BCUT2D eigenvalue weighted by Crippen LogP contribution is -2.34. The normalized spacial score (nSPS) is 12.9. The zero-order valence-electron chi connectivity index (χ0n) is 11.3. The number of aromatic hydroxyl groups is 1. The van der Waals surface area contributed by atoms with E-state index in [0.29, 0.717) is 11.8 Å². The smallest absolute Gasteiger partial charge is 0.115 e. The highest BCUT2D eigenvalue weighted by molar-refractivity contribution is 9.10. The van der Waals surface area contributed by atoms with Crippen molar-refractivity contribution in [2.45, 2.75) is 32.9 Å². The van der Waals surface area contributed by atoms with Gasteiger partial charge < -0.3 is 9.84 Å². The molecule has 102 valence electrons. The van der Waals surface area contributed by atoms with Crippen molar-refractivity contribution in [1.29, 1.82) is 0 Å². The lowest BCUT2D eigenvalue weighted by molar-refractivity contribution is 0.118. The summed E-state index contributed by atoms with van der Waals surface area (Å²) >= 11 is 3.53. The van der Waals surface area contributed by atoms with Crippen molar-refractivity contribution in [1.82, 2.24) is 4.90 Å². The minimum atomic E-state index is 0.309. The van der Waals surface area contributed by atoms with Crippen LogP contribution in [0.4, 0.5) is 0 Å². The maximum atomic E-state index is 9.56. The molecule has 3 nitrogen and oxygen atoms in total. The summed E-state index contributed by atoms with van der Waals surface area (Å²) in [6, 6.07) is 5.88. The number of nitrogens with zero attached hydrogens (tertiary/aromatic N) is 1. The highest BCUT2D eigenvalue weighted by Crippen LogP contribution is 2.24. The number of phenols is 1. The van der Waals surface area contributed by atoms with E-state index in [2.05, 4.69) is 34.7 Å². The van der Waals surface area contributed by atoms with Crippen LogP contribution < -0.4 is 0 Å². The topological polar surface area (TPSA) is 32.7 Å². The van der Waals surface area contributed by atoms with Crippen molar-refractivity contribution in [3.8, 4) is 5.75 Å². The Kier molecular flexibility index (Phi) is 6.68. The molecular formula is C14H22BrNO2. The molecule has 1 N–H and O–H groups in total. The highest BCUT2D eigenvalue weighted by Gasteiger charge is 2.14. The molecule has 0 aliphatic carbocycles. The fourth-order valence-electron chi connectivity index (χ4n) is 1.82. The lowest BCUT2D eigenvalue weighted by atomic mass is 10.1. The van der Waals surface area contributed by atoms with Crippen LogP contribution in [-0.4, -0.2) is 36.3 Å². The third-order valence-electron chi connectivity index (χ3n) is 3.20. The van der Waals surface area contributed by atoms with Gasteiger partial charge in [0.15, 0.2) is 0 Å². The van der Waals surface area contributed by atoms with Gasteiger partial charge in [-0.3, -0.25) is 4.90 Å². The van der Waals surface area contributed by atoms with Crippen molar-refractivity contribution >= 4 is 15.9 Å². The van der Waals surface area contributed by atoms with Crippen LogP contribution in [0.1, 0.15) is 25.8 Å². The Morgan fingerprint density at radius 3 is 2.78 bits per heavy atom. The lowest BCUT2D eigenvalue weighted by Gasteiger charge is -2.28. The molecule has 1 aromatic rings. The number of halogens is 1. The fraction of sp³-hybridized carbons (Fsp3) is 0.571. The van der Waals surface area contributed by atoms with E-state index >= 15 is 0 Å². The number of benzene rings is 1. The molecule has 1 atom stereocenters. The Bertz CT molecular complexity index is 371. The molecule has 0 radical (unpaired) electrons. The molecule has 0 fully saturated rings. The van der Waals surface area contributed by atoms with E-state index in [4.69, 9.17) is 4.74 Å². The first-order valence-corrected chi connectivity index (χ1v) is 7.08. The number of ether oxygens (including phenoxy) is 1. The van der Waals surface area contributed by atoms with Gasteiger partial charge in [-0.1, -0.05) is 22.9 Å². The predicted molar refractivity (Wildman–Crippen MR) is 77.8 cm³/mol. The van der Waals surface area contributed by atoms with Crippen molar-refractivity contribution in [3.05, 3.63) is 28.2 Å². The summed E-state index contributed by atoms with van der Waals surface area (Å²) in [6.45, 7) is 6.83. The van der Waals surface area contributed by atoms with Crippen LogP contribution in [0.5, 0.6) is 5.75 Å². The van der Waals surface area contributed by atoms with Crippen molar-refractivity contribution < 1.29 is 9.84 Å². The van der Waals surface area contributed by atoms with Crippen LogP contribution in [0.15, 0.2) is 22.7 Å². The zero-order valence-corrected chi connectivity index (χ0v) is 12.9. The Hall–Kier alpha value is -0.580. The van der Waals surface area contributed by atoms with Gasteiger partial charge in [-0.15, -0.1) is 0 Å². The van der Waals surface area contributed by atoms with Gasteiger partial charge in [0.25, 0.3) is 0 Å². The van der Waals surface area contributed by atoms with Gasteiger partial charge in [-0.25, -0.2) is 0 Å². The standard InChI is InChI=1S/C14H22BrNO2/c1-4-11(2)16(7-8-18-3)10-12-9-13(17)5-6-14(12)15/h5-6,9,11,17H,4,7-8,10H2,1-3H3. The maximum Gasteiger partial charge on any atom is 0.115 e. The van der Waals surface area contributed by atoms with Gasteiger partial charge in [0.05, 0.1) is 6.61 Å². The molecule has 0 bridgehead atoms. The maximum absolute atomic E-state index is 9.56. The molecule has 0 amide bonds. The molecule has 0 saturated carbocycles. The second kappa shape index (κ2) is 7.77. The summed E-state index contributed by atoms with van der Waals surface area (Å²) in [7, 11) is 1.72. The van der Waals surface area contributed by atoms with Crippen molar-refractivity contribution in [2.75, 3.05) is 20.3 Å². The van der Waals surface area contributed by atoms with Crippen molar-refractivity contribution in [3.63, 3.8) is 0 Å². The average molecular weight is 316 g/mol. The number of hydrogen-bond acceptors (Lipinski definition) is 3. The average Bonchev–Trinajstić information content (AvgIpc) is 2.37. The van der Waals surface area contributed by atoms with Gasteiger partial charge in [-0.2, -0.15) is 0 Å². The van der Waals surface area contributed by atoms with Gasteiger partial charge in [0, 0.05) is 30.7 Å². The molecule has 1 rings (SSSR count). The van der Waals surface area contributed by atoms with Crippen LogP contribution in [0, 0.1) is 0 Å². The summed E-state index contributed by atoms with van der Waals surface area (Å²) in [5.41, 5.74) is 1.10. The molecular weight excluding hydrogens is 294 g/mol. The summed E-state index contributed by atoms with van der Waals surface area (Å²) in [5, 5.41) is 9.56. The Labute approximate surface area is 118 Å². The van der Waals surface area contributed by atoms with Gasteiger partial charge in [0.2, 0.25) is 0 Å². The number of hydrogen-bond donors (Lipinski definition) is 1. The molecule has 0 aliphatic rings. The third-order valence-corrected chi connectivity index (χ3v) is 3.97. The number of phenolic OH excluding ortho intramolecular Hbond substituents is 1. The van der Waals surface area contributed by atoms with E-state index in [-0.39, 0.29) is 0 Å². The van der Waals surface area contributed by atoms with Crippen LogP contribution in [0.3, 0.4) is 0 Å². The van der Waals surface area contributed by atoms with Gasteiger partial charge in [-0.05, 0) is 37.1 Å². The minimum Gasteiger partial charge on any atom is -0.508 e. The predicted octanol–water partition coefficient (Wildman–Crippen LogP) is 3.40. The highest BCUT2D eigenvalue weighted by atomic mass is 79.9. The Morgan fingerprint density at radius 1 is 1.44 bits per heavy atom. The second-order valence-corrected chi connectivity index (χ2v) is 5.35. The van der Waals surface area contributed by atoms with E-state index in [1.807, 2.05) is 12.1 Å². The number of methoxy groups -OCH3 is 1. The number of rotatable bonds is 7. The largest absolute Gasteiger partial charge is 0.508 e. The molecule has 1 unspecified atom stereocenters. The molecule has 1 aromatic carbocycles. The van der Waals surface area contributed by atoms with Crippen LogP contribution in [0.25, 0.3) is 0 Å². The SMILES string of the molecule is CCC(C)N(CCOC)Cc1cc(O)ccc1Br. The zero-order chi connectivity index (χ0) is 13.5. The summed E-state index contributed by atoms with van der Waals surface area (Å²) < 4.78 is 6.19. The minimum absolute atomic E-state index is 0.309. The molecule has 18 heavy (non-hydrogen) atoms. The summed E-state index contributed by atoms with van der Waals surface area (Å²) in [6.07, 6.45) is 1.10. The van der Waals surface area contributed by atoms with Crippen LogP contribution in [0.2, 0.25) is 0 Å². The van der Waals surface area contributed by atoms with E-state index in [9.17, 15) is 5.11 Å². The van der Waals surface area contributed by atoms with E-state index in [1.165, 1.54) is 0 Å². The summed E-state index contributed by atoms with van der Waals surface area (Å²) in [4.78, 5) is 2.36. The quantitative estimate of drug-likeness (QED) is 0.837. The Morgan fingerprint density at radius 2 is 2.17 bits per heavy atom. The molecule has 4 heteroatoms. The first-order chi connectivity index (χ1) is 8.58.